The topological polar surface area (TPSA) is 98.4 Å². The van der Waals surface area contributed by atoms with E-state index in [1.54, 1.807) is 11.9 Å². The number of aromatic nitrogens is 1. The number of furan rings is 1. The van der Waals surface area contributed by atoms with Gasteiger partial charge in [0.05, 0.1) is 11.5 Å². The number of nitrogens with zero attached hydrogens (tertiary/aromatic N) is 3. The highest BCUT2D eigenvalue weighted by molar-refractivity contribution is 5.60. The molecule has 0 aliphatic rings. The molecule has 0 amide bonds. The third-order valence-electron chi connectivity index (χ3n) is 2.62. The van der Waals surface area contributed by atoms with Crippen molar-refractivity contribution in [3.05, 3.63) is 45.9 Å². The van der Waals surface area contributed by atoms with Crippen LogP contribution in [0.1, 0.15) is 11.5 Å². The number of nitrogen functional groups attached to an aromatic ring is 1. The van der Waals surface area contributed by atoms with Gasteiger partial charge in [-0.2, -0.15) is 0 Å². The molecule has 2 aromatic rings. The van der Waals surface area contributed by atoms with Gasteiger partial charge < -0.3 is 15.1 Å². The van der Waals surface area contributed by atoms with E-state index in [1.165, 1.54) is 12.1 Å². The molecule has 2 aromatic heterocycles. The molecule has 2 heterocycles. The summed E-state index contributed by atoms with van der Waals surface area (Å²) in [5.41, 5.74) is 5.50. The van der Waals surface area contributed by atoms with Crippen LogP contribution in [-0.2, 0) is 6.54 Å². The van der Waals surface area contributed by atoms with Gasteiger partial charge in [-0.05, 0) is 25.1 Å². The predicted octanol–water partition coefficient (Wildman–Crippen LogP) is 2.11. The highest BCUT2D eigenvalue weighted by atomic mass is 16.6. The largest absolute Gasteiger partial charge is 0.464 e. The van der Waals surface area contributed by atoms with E-state index >= 15 is 0 Å². The summed E-state index contributed by atoms with van der Waals surface area (Å²) in [6.45, 7) is 2.22. The van der Waals surface area contributed by atoms with Crippen molar-refractivity contribution >= 4 is 17.3 Å². The molecule has 100 valence electrons. The second-order valence-corrected chi connectivity index (χ2v) is 4.20. The van der Waals surface area contributed by atoms with Crippen molar-refractivity contribution < 1.29 is 9.34 Å². The van der Waals surface area contributed by atoms with Crippen LogP contribution in [0.3, 0.4) is 0 Å². The van der Waals surface area contributed by atoms with Gasteiger partial charge >= 0.3 is 5.69 Å². The standard InChI is InChI=1S/C12H14N4O3/c1-8-3-4-9(19-8)7-15(2)12-10(16(17)18)5-6-11(13)14-12/h3-6H,7H2,1-2H3,(H2,13,14). The molecule has 0 atom stereocenters. The molecule has 19 heavy (non-hydrogen) atoms. The summed E-state index contributed by atoms with van der Waals surface area (Å²) in [7, 11) is 1.70. The van der Waals surface area contributed by atoms with Crippen LogP contribution in [-0.4, -0.2) is 17.0 Å². The summed E-state index contributed by atoms with van der Waals surface area (Å²) in [4.78, 5) is 16.1. The lowest BCUT2D eigenvalue weighted by atomic mass is 10.3. The van der Waals surface area contributed by atoms with Crippen molar-refractivity contribution in [3.63, 3.8) is 0 Å². The SMILES string of the molecule is Cc1ccc(CN(C)c2nc(N)ccc2[N+](=O)[O-])o1. The number of rotatable bonds is 4. The first-order valence-electron chi connectivity index (χ1n) is 5.64. The zero-order valence-electron chi connectivity index (χ0n) is 10.7. The molecule has 0 radical (unpaired) electrons. The van der Waals surface area contributed by atoms with Crippen molar-refractivity contribution in [2.24, 2.45) is 0 Å². The lowest BCUT2D eigenvalue weighted by molar-refractivity contribution is -0.384. The lowest BCUT2D eigenvalue weighted by Gasteiger charge is -2.16. The number of nitro groups is 1. The Bertz CT molecular complexity index is 609. The van der Waals surface area contributed by atoms with E-state index in [-0.39, 0.29) is 17.3 Å². The van der Waals surface area contributed by atoms with E-state index in [0.717, 1.165) is 5.76 Å². The lowest BCUT2D eigenvalue weighted by Crippen LogP contribution is -2.19. The van der Waals surface area contributed by atoms with Crippen LogP contribution in [0.2, 0.25) is 0 Å². The molecule has 0 bridgehead atoms. The summed E-state index contributed by atoms with van der Waals surface area (Å²) in [6, 6.07) is 6.42. The average molecular weight is 262 g/mol. The van der Waals surface area contributed by atoms with Crippen molar-refractivity contribution in [1.29, 1.82) is 0 Å². The quantitative estimate of drug-likeness (QED) is 0.669. The molecule has 2 rings (SSSR count). The minimum Gasteiger partial charge on any atom is -0.464 e. The summed E-state index contributed by atoms with van der Waals surface area (Å²) in [6.07, 6.45) is 0. The van der Waals surface area contributed by atoms with Crippen molar-refractivity contribution in [2.45, 2.75) is 13.5 Å². The van der Waals surface area contributed by atoms with Crippen LogP contribution in [0, 0.1) is 17.0 Å². The predicted molar refractivity (Wildman–Crippen MR) is 70.9 cm³/mol. The smallest absolute Gasteiger partial charge is 0.311 e. The molecular formula is C12H14N4O3. The van der Waals surface area contributed by atoms with Crippen molar-refractivity contribution in [3.8, 4) is 0 Å². The van der Waals surface area contributed by atoms with Gasteiger partial charge in [-0.25, -0.2) is 4.98 Å². The zero-order valence-corrected chi connectivity index (χ0v) is 10.7. The molecule has 2 N–H and O–H groups in total. The van der Waals surface area contributed by atoms with Crippen molar-refractivity contribution in [2.75, 3.05) is 17.7 Å². The fourth-order valence-corrected chi connectivity index (χ4v) is 1.76. The van der Waals surface area contributed by atoms with Gasteiger partial charge in [0.1, 0.15) is 17.3 Å². The Morgan fingerprint density at radius 3 is 2.74 bits per heavy atom. The molecule has 0 aromatic carbocycles. The number of anilines is 2. The van der Waals surface area contributed by atoms with Gasteiger partial charge in [-0.3, -0.25) is 10.1 Å². The molecule has 7 heteroatoms. The first-order valence-corrected chi connectivity index (χ1v) is 5.64. The number of hydrogen-bond acceptors (Lipinski definition) is 6. The molecule has 0 unspecified atom stereocenters. The fraction of sp³-hybridized carbons (Fsp3) is 0.250. The summed E-state index contributed by atoms with van der Waals surface area (Å²) in [5, 5.41) is 11.0. The minimum atomic E-state index is -0.480. The first-order chi connectivity index (χ1) is 8.97. The minimum absolute atomic E-state index is 0.0834. The summed E-state index contributed by atoms with van der Waals surface area (Å²) < 4.78 is 5.44. The molecular weight excluding hydrogens is 248 g/mol. The molecule has 7 nitrogen and oxygen atoms in total. The van der Waals surface area contributed by atoms with Crippen LogP contribution < -0.4 is 10.6 Å². The Hall–Kier alpha value is -2.57. The number of aryl methyl sites for hydroxylation is 1. The van der Waals surface area contributed by atoms with E-state index in [2.05, 4.69) is 4.98 Å². The summed E-state index contributed by atoms with van der Waals surface area (Å²) >= 11 is 0. The van der Waals surface area contributed by atoms with Crippen LogP contribution in [0.4, 0.5) is 17.3 Å². The Kier molecular flexibility index (Phi) is 3.37. The second-order valence-electron chi connectivity index (χ2n) is 4.20. The maximum atomic E-state index is 11.0. The van der Waals surface area contributed by atoms with Gasteiger partial charge in [0, 0.05) is 13.1 Å². The monoisotopic (exact) mass is 262 g/mol. The molecule has 0 saturated heterocycles. The van der Waals surface area contributed by atoms with Crippen LogP contribution in [0.15, 0.2) is 28.7 Å². The number of pyridine rings is 1. The average Bonchev–Trinajstić information content (AvgIpc) is 2.74. The molecule has 0 fully saturated rings. The first kappa shape index (κ1) is 12.9. The van der Waals surface area contributed by atoms with Gasteiger partial charge in [0.2, 0.25) is 5.82 Å². The molecule has 0 aliphatic heterocycles. The van der Waals surface area contributed by atoms with Crippen LogP contribution in [0.5, 0.6) is 0 Å². The molecule has 0 spiro atoms. The van der Waals surface area contributed by atoms with E-state index in [9.17, 15) is 10.1 Å². The highest BCUT2D eigenvalue weighted by Crippen LogP contribution is 2.27. The van der Waals surface area contributed by atoms with Crippen LogP contribution in [0.25, 0.3) is 0 Å². The van der Waals surface area contributed by atoms with Gasteiger partial charge in [0.25, 0.3) is 0 Å². The normalized spacial score (nSPS) is 10.4. The highest BCUT2D eigenvalue weighted by Gasteiger charge is 2.20. The van der Waals surface area contributed by atoms with Crippen LogP contribution >= 0.6 is 0 Å². The van der Waals surface area contributed by atoms with Crippen molar-refractivity contribution in [1.82, 2.24) is 4.98 Å². The van der Waals surface area contributed by atoms with E-state index in [4.69, 9.17) is 10.2 Å². The third-order valence-corrected chi connectivity index (χ3v) is 2.62. The second kappa shape index (κ2) is 4.97. The maximum Gasteiger partial charge on any atom is 0.311 e. The Morgan fingerprint density at radius 1 is 1.42 bits per heavy atom. The van der Waals surface area contributed by atoms with E-state index in [0.29, 0.717) is 12.3 Å². The Balaban J connectivity index is 2.29. The zero-order chi connectivity index (χ0) is 14.0. The number of hydrogen-bond donors (Lipinski definition) is 1. The number of nitrogens with two attached hydrogens (primary N) is 1. The van der Waals surface area contributed by atoms with Gasteiger partial charge in [0.15, 0.2) is 0 Å². The van der Waals surface area contributed by atoms with E-state index in [1.807, 2.05) is 19.1 Å². The Morgan fingerprint density at radius 2 is 2.16 bits per heavy atom. The van der Waals surface area contributed by atoms with Gasteiger partial charge in [-0.1, -0.05) is 0 Å². The Labute approximate surface area is 109 Å². The molecule has 0 saturated carbocycles. The molecule has 0 aliphatic carbocycles. The van der Waals surface area contributed by atoms with Gasteiger partial charge in [-0.15, -0.1) is 0 Å². The van der Waals surface area contributed by atoms with E-state index < -0.39 is 4.92 Å². The maximum absolute atomic E-state index is 11.0. The fourth-order valence-electron chi connectivity index (χ4n) is 1.76. The third kappa shape index (κ3) is 2.82. The summed E-state index contributed by atoms with van der Waals surface area (Å²) in [5.74, 6) is 1.96.